The third-order valence-electron chi connectivity index (χ3n) is 3.86. The second kappa shape index (κ2) is 5.57. The fourth-order valence-electron chi connectivity index (χ4n) is 2.29. The number of amides is 2. The molecule has 0 saturated heterocycles. The maximum absolute atomic E-state index is 12.1. The molecule has 2 aliphatic rings. The lowest BCUT2D eigenvalue weighted by Crippen LogP contribution is -2.55. The summed E-state index contributed by atoms with van der Waals surface area (Å²) in [6.45, 7) is 3.16. The highest BCUT2D eigenvalue weighted by molar-refractivity contribution is 6.14. The third kappa shape index (κ3) is 2.86. The fraction of sp³-hybridized carbons (Fsp3) is 0.438. The number of fused-ring (bicyclic) bond motifs is 1. The molecular formula is C16H18N2O5. The minimum Gasteiger partial charge on any atom is -0.464 e. The fourth-order valence-corrected chi connectivity index (χ4v) is 2.29. The van der Waals surface area contributed by atoms with Crippen molar-refractivity contribution in [3.8, 4) is 5.75 Å². The number of hydrogen-bond donors (Lipinski definition) is 2. The molecule has 3 rings (SSSR count). The second-order valence-corrected chi connectivity index (χ2v) is 5.78. The smallest absolute Gasteiger partial charge is 0.360 e. The van der Waals surface area contributed by atoms with Gasteiger partial charge in [0.05, 0.1) is 12.3 Å². The van der Waals surface area contributed by atoms with Gasteiger partial charge in [-0.2, -0.15) is 0 Å². The van der Waals surface area contributed by atoms with Crippen LogP contribution in [0.5, 0.6) is 5.75 Å². The molecule has 1 aliphatic heterocycles. The maximum Gasteiger partial charge on any atom is 0.360 e. The second-order valence-electron chi connectivity index (χ2n) is 5.78. The SMILES string of the molecule is CCOC(=O)[C@]1(C)Oc2cc(NC(=O)C3CC3)ccc2NC1=O. The Morgan fingerprint density at radius 2 is 2.17 bits per heavy atom. The lowest BCUT2D eigenvalue weighted by atomic mass is 10.0. The summed E-state index contributed by atoms with van der Waals surface area (Å²) in [5.74, 6) is -0.975. The molecule has 1 aromatic rings. The topological polar surface area (TPSA) is 93.7 Å². The Hall–Kier alpha value is -2.57. The minimum absolute atomic E-state index is 0.0297. The molecule has 2 amide bonds. The molecule has 7 heteroatoms. The average molecular weight is 318 g/mol. The van der Waals surface area contributed by atoms with E-state index in [1.165, 1.54) is 6.92 Å². The zero-order chi connectivity index (χ0) is 16.6. The molecule has 1 heterocycles. The Balaban J connectivity index is 1.83. The van der Waals surface area contributed by atoms with E-state index in [9.17, 15) is 14.4 Å². The van der Waals surface area contributed by atoms with Crippen molar-refractivity contribution in [1.82, 2.24) is 0 Å². The first-order valence-corrected chi connectivity index (χ1v) is 7.56. The summed E-state index contributed by atoms with van der Waals surface area (Å²) < 4.78 is 10.5. The molecule has 0 bridgehead atoms. The number of carbonyl (C=O) groups is 3. The van der Waals surface area contributed by atoms with E-state index >= 15 is 0 Å². The van der Waals surface area contributed by atoms with Gasteiger partial charge in [0.25, 0.3) is 11.5 Å². The predicted octanol–water partition coefficient (Wildman–Crippen LogP) is 1.69. The molecule has 1 atom stereocenters. The molecule has 0 radical (unpaired) electrons. The van der Waals surface area contributed by atoms with Crippen molar-refractivity contribution in [2.75, 3.05) is 17.2 Å². The number of anilines is 2. The summed E-state index contributed by atoms with van der Waals surface area (Å²) in [6.07, 6.45) is 1.81. The maximum atomic E-state index is 12.1. The van der Waals surface area contributed by atoms with Crippen LogP contribution in [0, 0.1) is 5.92 Å². The molecule has 1 saturated carbocycles. The molecule has 1 fully saturated rings. The standard InChI is InChI=1S/C16H18N2O5/c1-3-22-15(21)16(2)14(20)18-11-7-6-10(8-12(11)23-16)17-13(19)9-4-5-9/h6-9H,3-5H2,1-2H3,(H,17,19)(H,18,20)/t16-/m1/s1. The number of esters is 1. The number of hydrogen-bond acceptors (Lipinski definition) is 5. The molecule has 23 heavy (non-hydrogen) atoms. The summed E-state index contributed by atoms with van der Waals surface area (Å²) in [5.41, 5.74) is -0.744. The highest BCUT2D eigenvalue weighted by atomic mass is 16.6. The van der Waals surface area contributed by atoms with Gasteiger partial charge in [0.2, 0.25) is 5.91 Å². The van der Waals surface area contributed by atoms with Crippen LogP contribution in [-0.2, 0) is 19.1 Å². The summed E-state index contributed by atoms with van der Waals surface area (Å²) >= 11 is 0. The molecule has 1 aromatic carbocycles. The van der Waals surface area contributed by atoms with Crippen LogP contribution >= 0.6 is 0 Å². The Bertz CT molecular complexity index is 683. The highest BCUT2D eigenvalue weighted by Gasteiger charge is 2.48. The third-order valence-corrected chi connectivity index (χ3v) is 3.86. The van der Waals surface area contributed by atoms with Gasteiger partial charge in [-0.25, -0.2) is 4.79 Å². The Morgan fingerprint density at radius 1 is 1.43 bits per heavy atom. The van der Waals surface area contributed by atoms with Crippen LogP contribution in [0.25, 0.3) is 0 Å². The minimum atomic E-state index is -1.75. The van der Waals surface area contributed by atoms with E-state index in [0.29, 0.717) is 17.1 Å². The van der Waals surface area contributed by atoms with Crippen molar-refractivity contribution < 1.29 is 23.9 Å². The van der Waals surface area contributed by atoms with Crippen molar-refractivity contribution in [2.24, 2.45) is 5.92 Å². The molecular weight excluding hydrogens is 300 g/mol. The predicted molar refractivity (Wildman–Crippen MR) is 82.1 cm³/mol. The molecule has 122 valence electrons. The lowest BCUT2D eigenvalue weighted by molar-refractivity contribution is -0.165. The first-order chi connectivity index (χ1) is 10.9. The van der Waals surface area contributed by atoms with E-state index in [-0.39, 0.29) is 18.4 Å². The summed E-state index contributed by atoms with van der Waals surface area (Å²) in [5, 5.41) is 5.43. The van der Waals surface area contributed by atoms with Gasteiger partial charge in [0, 0.05) is 17.7 Å². The number of carbonyl (C=O) groups excluding carboxylic acids is 3. The van der Waals surface area contributed by atoms with Crippen molar-refractivity contribution in [1.29, 1.82) is 0 Å². The van der Waals surface area contributed by atoms with Crippen LogP contribution < -0.4 is 15.4 Å². The molecule has 1 aliphatic carbocycles. The average Bonchev–Trinajstić information content (AvgIpc) is 3.33. The molecule has 7 nitrogen and oxygen atoms in total. The van der Waals surface area contributed by atoms with E-state index < -0.39 is 17.5 Å². The van der Waals surface area contributed by atoms with E-state index in [0.717, 1.165) is 12.8 Å². The van der Waals surface area contributed by atoms with Gasteiger partial charge >= 0.3 is 5.97 Å². The first kappa shape index (κ1) is 15.3. The van der Waals surface area contributed by atoms with Gasteiger partial charge in [-0.15, -0.1) is 0 Å². The Labute approximate surface area is 133 Å². The van der Waals surface area contributed by atoms with Gasteiger partial charge < -0.3 is 20.1 Å². The molecule has 0 spiro atoms. The zero-order valence-electron chi connectivity index (χ0n) is 13.0. The number of rotatable bonds is 4. The highest BCUT2D eigenvalue weighted by Crippen LogP contribution is 2.37. The Morgan fingerprint density at radius 3 is 2.83 bits per heavy atom. The van der Waals surface area contributed by atoms with Crippen LogP contribution in [0.15, 0.2) is 18.2 Å². The van der Waals surface area contributed by atoms with Crippen LogP contribution in [0.3, 0.4) is 0 Å². The molecule has 0 unspecified atom stereocenters. The summed E-state index contributed by atoms with van der Waals surface area (Å²) in [6, 6.07) is 4.89. The van der Waals surface area contributed by atoms with Crippen LogP contribution in [-0.4, -0.2) is 30.0 Å². The van der Waals surface area contributed by atoms with Crippen LogP contribution in [0.4, 0.5) is 11.4 Å². The van der Waals surface area contributed by atoms with Gasteiger partial charge in [-0.05, 0) is 38.8 Å². The van der Waals surface area contributed by atoms with Gasteiger partial charge in [0.1, 0.15) is 5.75 Å². The number of benzene rings is 1. The van der Waals surface area contributed by atoms with E-state index in [1.54, 1.807) is 25.1 Å². The lowest BCUT2D eigenvalue weighted by Gasteiger charge is -2.32. The largest absolute Gasteiger partial charge is 0.464 e. The zero-order valence-corrected chi connectivity index (χ0v) is 13.0. The quantitative estimate of drug-likeness (QED) is 0.651. The Kier molecular flexibility index (Phi) is 3.71. The van der Waals surface area contributed by atoms with Crippen molar-refractivity contribution >= 4 is 29.2 Å². The van der Waals surface area contributed by atoms with Crippen molar-refractivity contribution in [2.45, 2.75) is 32.3 Å². The number of ether oxygens (including phenoxy) is 2. The van der Waals surface area contributed by atoms with Crippen molar-refractivity contribution in [3.63, 3.8) is 0 Å². The summed E-state index contributed by atoms with van der Waals surface area (Å²) in [4.78, 5) is 36.0. The monoisotopic (exact) mass is 318 g/mol. The van der Waals surface area contributed by atoms with E-state index in [2.05, 4.69) is 10.6 Å². The van der Waals surface area contributed by atoms with Crippen LogP contribution in [0.1, 0.15) is 26.7 Å². The number of nitrogens with one attached hydrogen (secondary N) is 2. The molecule has 2 N–H and O–H groups in total. The van der Waals surface area contributed by atoms with E-state index in [1.807, 2.05) is 0 Å². The normalized spacial score (nSPS) is 22.4. The van der Waals surface area contributed by atoms with Gasteiger partial charge in [-0.1, -0.05) is 0 Å². The van der Waals surface area contributed by atoms with Gasteiger partial charge in [-0.3, -0.25) is 9.59 Å². The van der Waals surface area contributed by atoms with Gasteiger partial charge in [0.15, 0.2) is 0 Å². The van der Waals surface area contributed by atoms with E-state index in [4.69, 9.17) is 9.47 Å². The summed E-state index contributed by atoms with van der Waals surface area (Å²) in [7, 11) is 0. The first-order valence-electron chi connectivity index (χ1n) is 7.56. The van der Waals surface area contributed by atoms with Crippen molar-refractivity contribution in [3.05, 3.63) is 18.2 Å². The molecule has 0 aromatic heterocycles. The van der Waals surface area contributed by atoms with Crippen LogP contribution in [0.2, 0.25) is 0 Å².